The molecular formula is C59H52N4O2. The minimum atomic E-state index is -0.741. The molecule has 2 aliphatic heterocycles. The number of amidine groups is 2. The van der Waals surface area contributed by atoms with Crippen LogP contribution in [0.2, 0.25) is 0 Å². The fraction of sp³-hybridized carbons (Fsp3) is 0.220. The molecule has 320 valence electrons. The third kappa shape index (κ3) is 6.60. The highest BCUT2D eigenvalue weighted by atomic mass is 16.3. The van der Waals surface area contributed by atoms with Gasteiger partial charge in [-0.25, -0.2) is 9.98 Å². The second kappa shape index (κ2) is 15.2. The van der Waals surface area contributed by atoms with E-state index >= 15 is 0 Å². The molecule has 6 atom stereocenters. The lowest BCUT2D eigenvalue weighted by Crippen LogP contribution is -2.41. The van der Waals surface area contributed by atoms with E-state index in [0.717, 1.165) is 85.4 Å². The number of aliphatic imine (C=N–C) groups is 2. The molecule has 2 aromatic heterocycles. The molecule has 0 spiro atoms. The highest BCUT2D eigenvalue weighted by Gasteiger charge is 2.41. The van der Waals surface area contributed by atoms with E-state index in [2.05, 4.69) is 191 Å². The molecule has 0 fully saturated rings. The van der Waals surface area contributed by atoms with E-state index in [9.17, 15) is 0 Å². The average Bonchev–Trinajstić information content (AvgIpc) is 3.91. The Morgan fingerprint density at radius 1 is 0.677 bits per heavy atom. The van der Waals surface area contributed by atoms with Crippen molar-refractivity contribution in [3.8, 4) is 22.3 Å². The van der Waals surface area contributed by atoms with Gasteiger partial charge in [0.1, 0.15) is 40.2 Å². The molecule has 8 aromatic rings. The van der Waals surface area contributed by atoms with Crippen molar-refractivity contribution >= 4 is 50.3 Å². The number of para-hydroxylation sites is 2. The van der Waals surface area contributed by atoms with Crippen molar-refractivity contribution in [2.45, 2.75) is 58.2 Å². The van der Waals surface area contributed by atoms with Crippen LogP contribution in [0, 0.1) is 17.8 Å². The number of hydrogen-bond donors (Lipinski definition) is 1. The Hall–Kier alpha value is -7.18. The normalized spacial score (nSPS) is 24.0. The van der Waals surface area contributed by atoms with Crippen molar-refractivity contribution in [2.24, 2.45) is 27.7 Å². The van der Waals surface area contributed by atoms with E-state index in [1.807, 2.05) is 18.2 Å². The predicted molar refractivity (Wildman–Crippen MR) is 268 cm³/mol. The second-order valence-electron chi connectivity index (χ2n) is 19.0. The first-order valence-electron chi connectivity index (χ1n) is 23.2. The maximum atomic E-state index is 6.95. The highest BCUT2D eigenvalue weighted by molar-refractivity contribution is 6.16. The number of anilines is 1. The van der Waals surface area contributed by atoms with Crippen LogP contribution in [0.3, 0.4) is 0 Å². The molecule has 6 aromatic carbocycles. The molecule has 65 heavy (non-hydrogen) atoms. The Morgan fingerprint density at radius 2 is 1.35 bits per heavy atom. The fourth-order valence-corrected chi connectivity index (χ4v) is 11.2. The molecule has 0 radical (unpaired) electrons. The summed E-state index contributed by atoms with van der Waals surface area (Å²) in [6, 6.07) is 49.9. The van der Waals surface area contributed by atoms with Crippen LogP contribution < -0.4 is 10.2 Å². The Bertz CT molecular complexity index is 3350. The van der Waals surface area contributed by atoms with Crippen LogP contribution in [0.1, 0.15) is 74.9 Å². The smallest absolute Gasteiger partial charge is 0.177 e. The number of rotatable bonds is 6. The van der Waals surface area contributed by atoms with E-state index in [0.29, 0.717) is 23.7 Å². The van der Waals surface area contributed by atoms with Gasteiger partial charge in [0.05, 0.1) is 0 Å². The number of allylic oxidation sites excluding steroid dienone is 4. The molecular weight excluding hydrogens is 797 g/mol. The maximum Gasteiger partial charge on any atom is 0.177 e. The number of furan rings is 2. The van der Waals surface area contributed by atoms with Gasteiger partial charge in [-0.05, 0) is 108 Å². The van der Waals surface area contributed by atoms with Crippen LogP contribution in [0.5, 0.6) is 0 Å². The Morgan fingerprint density at radius 3 is 2.15 bits per heavy atom. The average molecular weight is 849 g/mol. The highest BCUT2D eigenvalue weighted by Crippen LogP contribution is 2.55. The van der Waals surface area contributed by atoms with E-state index < -0.39 is 5.66 Å². The predicted octanol–water partition coefficient (Wildman–Crippen LogP) is 14.7. The molecule has 4 aliphatic rings. The van der Waals surface area contributed by atoms with E-state index in [-0.39, 0.29) is 6.04 Å². The SMILES string of the molecule is CC1C=CC=C(C2=NC(C)(c3ccccc3)N=C(c3ccc(C4CC(C)C(C5c6oc7ccccc7c6-c6cc(-c7ccc8c(c7)oc7ccccc78)ccc6N5C)=CC4C)cc3)N2)C1. The zero-order valence-corrected chi connectivity index (χ0v) is 37.5. The number of nitrogens with zero attached hydrogens (tertiary/aromatic N) is 3. The summed E-state index contributed by atoms with van der Waals surface area (Å²) in [5, 5.41) is 7.10. The lowest BCUT2D eigenvalue weighted by molar-refractivity contribution is 0.382. The molecule has 1 N–H and O–H groups in total. The number of hydrogen-bond acceptors (Lipinski definition) is 6. The van der Waals surface area contributed by atoms with Crippen LogP contribution in [0.4, 0.5) is 5.69 Å². The second-order valence-corrected chi connectivity index (χ2v) is 19.0. The van der Waals surface area contributed by atoms with Crippen LogP contribution in [-0.4, -0.2) is 18.7 Å². The third-order valence-electron chi connectivity index (χ3n) is 14.6. The van der Waals surface area contributed by atoms with Gasteiger partial charge in [0, 0.05) is 51.1 Å². The summed E-state index contributed by atoms with van der Waals surface area (Å²) in [5.41, 5.74) is 14.0. The van der Waals surface area contributed by atoms with E-state index in [1.165, 1.54) is 33.5 Å². The first-order chi connectivity index (χ1) is 31.7. The van der Waals surface area contributed by atoms with Gasteiger partial charge in [0.25, 0.3) is 0 Å². The third-order valence-corrected chi connectivity index (χ3v) is 14.6. The van der Waals surface area contributed by atoms with Crippen molar-refractivity contribution in [2.75, 3.05) is 11.9 Å². The Kier molecular flexibility index (Phi) is 9.23. The molecule has 0 saturated heterocycles. The van der Waals surface area contributed by atoms with Gasteiger partial charge >= 0.3 is 0 Å². The number of benzene rings is 6. The lowest BCUT2D eigenvalue weighted by Gasteiger charge is -2.42. The molecule has 0 bridgehead atoms. The van der Waals surface area contributed by atoms with Gasteiger partial charge < -0.3 is 19.1 Å². The number of nitrogens with one attached hydrogen (secondary N) is 1. The summed E-state index contributed by atoms with van der Waals surface area (Å²) in [5.74, 6) is 4.26. The summed E-state index contributed by atoms with van der Waals surface area (Å²) in [6.07, 6.45) is 11.1. The molecule has 12 rings (SSSR count). The summed E-state index contributed by atoms with van der Waals surface area (Å²) in [7, 11) is 2.24. The Balaban J connectivity index is 0.858. The van der Waals surface area contributed by atoms with Crippen molar-refractivity contribution in [3.63, 3.8) is 0 Å². The molecule has 6 unspecified atom stereocenters. The van der Waals surface area contributed by atoms with Gasteiger partial charge in [-0.1, -0.05) is 148 Å². The first-order valence-corrected chi connectivity index (χ1v) is 23.2. The molecule has 4 heterocycles. The number of likely N-dealkylation sites (N-methyl/N-ethyl adjacent to an activating group) is 1. The van der Waals surface area contributed by atoms with Crippen molar-refractivity contribution in [3.05, 3.63) is 197 Å². The van der Waals surface area contributed by atoms with Crippen molar-refractivity contribution < 1.29 is 8.83 Å². The summed E-state index contributed by atoms with van der Waals surface area (Å²) < 4.78 is 13.3. The van der Waals surface area contributed by atoms with Crippen molar-refractivity contribution in [1.82, 2.24) is 5.32 Å². The zero-order chi connectivity index (χ0) is 44.0. The maximum absolute atomic E-state index is 6.95. The molecule has 0 saturated carbocycles. The molecule has 0 amide bonds. The van der Waals surface area contributed by atoms with E-state index in [1.54, 1.807) is 0 Å². The van der Waals surface area contributed by atoms with Gasteiger partial charge in [-0.3, -0.25) is 0 Å². The van der Waals surface area contributed by atoms with Crippen molar-refractivity contribution in [1.29, 1.82) is 0 Å². The molecule has 2 aliphatic carbocycles. The van der Waals surface area contributed by atoms with Crippen LogP contribution in [-0.2, 0) is 5.66 Å². The van der Waals surface area contributed by atoms with Gasteiger partial charge in [-0.2, -0.15) is 0 Å². The lowest BCUT2D eigenvalue weighted by atomic mass is 9.70. The van der Waals surface area contributed by atoms with Crippen LogP contribution >= 0.6 is 0 Å². The Labute approximate surface area is 380 Å². The molecule has 6 heteroatoms. The standard InChI is InChI=1S/C59H52N4O2/c1-35-14-13-15-42(30-35)58-60-57(61-59(4,62-58)43-16-7-6-8-17-43)39-24-22-38(23-25-39)47-31-37(3)48(32-36(47)2)55-56-54(46-19-10-12-21-52(46)65-56)49-33-40(27-29-50(49)63(55)5)41-26-28-45-44-18-9-11-20-51(44)64-53(45)34-41/h6-29,32-37,47,55H,30-31H2,1-5H3,(H,60,61,62). The van der Waals surface area contributed by atoms with E-state index in [4.69, 9.17) is 18.8 Å². The monoisotopic (exact) mass is 848 g/mol. The largest absolute Gasteiger partial charge is 0.458 e. The summed E-state index contributed by atoms with van der Waals surface area (Å²) >= 11 is 0. The van der Waals surface area contributed by atoms with Gasteiger partial charge in [-0.15, -0.1) is 0 Å². The summed E-state index contributed by atoms with van der Waals surface area (Å²) in [6.45, 7) is 9.17. The summed E-state index contributed by atoms with van der Waals surface area (Å²) in [4.78, 5) is 13.0. The number of fused-ring (bicyclic) bond motifs is 8. The van der Waals surface area contributed by atoms with Gasteiger partial charge in [0.15, 0.2) is 5.66 Å². The first kappa shape index (κ1) is 39.4. The minimum Gasteiger partial charge on any atom is -0.458 e. The quantitative estimate of drug-likeness (QED) is 0.169. The molecule has 6 nitrogen and oxygen atoms in total. The minimum absolute atomic E-state index is 0.0219. The fourth-order valence-electron chi connectivity index (χ4n) is 11.2. The van der Waals surface area contributed by atoms with Gasteiger partial charge in [0.2, 0.25) is 0 Å². The van der Waals surface area contributed by atoms with Crippen LogP contribution in [0.15, 0.2) is 194 Å². The topological polar surface area (TPSA) is 66.3 Å². The zero-order valence-electron chi connectivity index (χ0n) is 37.5. The van der Waals surface area contributed by atoms with Crippen LogP contribution in [0.25, 0.3) is 55.2 Å².